The van der Waals surface area contributed by atoms with Crippen LogP contribution in [0.2, 0.25) is 0 Å². The van der Waals surface area contributed by atoms with Crippen LogP contribution in [0.15, 0.2) is 36.4 Å². The Balaban J connectivity index is 1.58. The summed E-state index contributed by atoms with van der Waals surface area (Å²) in [5.41, 5.74) is 2.10. The molecule has 3 rings (SSSR count). The van der Waals surface area contributed by atoms with Crippen molar-refractivity contribution in [2.75, 3.05) is 33.4 Å². The molecule has 144 valence electrons. The van der Waals surface area contributed by atoms with Gasteiger partial charge in [0.15, 0.2) is 0 Å². The van der Waals surface area contributed by atoms with Crippen molar-refractivity contribution in [3.8, 4) is 17.1 Å². The molecule has 0 saturated carbocycles. The first-order chi connectivity index (χ1) is 13.2. The number of nitrogens with one attached hydrogen (secondary N) is 1. The van der Waals surface area contributed by atoms with E-state index < -0.39 is 0 Å². The lowest BCUT2D eigenvalue weighted by molar-refractivity contribution is 0.0849. The van der Waals surface area contributed by atoms with Gasteiger partial charge >= 0.3 is 0 Å². The van der Waals surface area contributed by atoms with E-state index in [1.54, 1.807) is 19.2 Å². The number of ether oxygens (including phenoxy) is 1. The van der Waals surface area contributed by atoms with Crippen molar-refractivity contribution in [3.63, 3.8) is 0 Å². The van der Waals surface area contributed by atoms with E-state index in [4.69, 9.17) is 4.74 Å². The minimum atomic E-state index is -0.115. The van der Waals surface area contributed by atoms with Gasteiger partial charge in [-0.1, -0.05) is 18.6 Å². The summed E-state index contributed by atoms with van der Waals surface area (Å²) < 4.78 is 5.02. The van der Waals surface area contributed by atoms with E-state index >= 15 is 0 Å². The van der Waals surface area contributed by atoms with Gasteiger partial charge in [-0.15, -0.1) is 10.2 Å². The summed E-state index contributed by atoms with van der Waals surface area (Å²) in [4.78, 5) is 14.7. The number of hydrogen-bond acceptors (Lipinski definition) is 6. The van der Waals surface area contributed by atoms with Crippen molar-refractivity contribution in [2.45, 2.75) is 25.3 Å². The molecule has 0 spiro atoms. The van der Waals surface area contributed by atoms with Gasteiger partial charge in [-0.3, -0.25) is 9.69 Å². The summed E-state index contributed by atoms with van der Waals surface area (Å²) >= 11 is 0. The fourth-order valence-electron chi connectivity index (χ4n) is 3.38. The summed E-state index contributed by atoms with van der Waals surface area (Å²) in [7, 11) is 1.54. The van der Waals surface area contributed by atoms with Gasteiger partial charge in [0.05, 0.1) is 19.4 Å². The third-order valence-electron chi connectivity index (χ3n) is 4.91. The molecule has 7 nitrogen and oxygen atoms in total. The predicted octanol–water partition coefficient (Wildman–Crippen LogP) is 1.73. The van der Waals surface area contributed by atoms with Crippen LogP contribution in [0.1, 0.15) is 29.6 Å². The number of aromatic nitrogens is 2. The summed E-state index contributed by atoms with van der Waals surface area (Å²) in [5, 5.41) is 20.5. The van der Waals surface area contributed by atoms with E-state index in [2.05, 4.69) is 20.4 Å². The summed E-state index contributed by atoms with van der Waals surface area (Å²) in [6.45, 7) is 2.47. The van der Waals surface area contributed by atoms with Gasteiger partial charge in [0.2, 0.25) is 5.88 Å². The van der Waals surface area contributed by atoms with Crippen LogP contribution in [0.3, 0.4) is 0 Å². The molecule has 1 fully saturated rings. The molecular formula is C20H26N4O3. The molecule has 1 aromatic carbocycles. The molecular weight excluding hydrogens is 344 g/mol. The van der Waals surface area contributed by atoms with Crippen LogP contribution < -0.4 is 10.1 Å². The number of carbonyl (C=O) groups excluding carboxylic acids is 1. The number of benzene rings is 1. The number of piperidine rings is 1. The smallest absolute Gasteiger partial charge is 0.251 e. The topological polar surface area (TPSA) is 87.6 Å². The molecule has 2 heterocycles. The van der Waals surface area contributed by atoms with Gasteiger partial charge in [0.25, 0.3) is 5.91 Å². The van der Waals surface area contributed by atoms with Crippen molar-refractivity contribution in [1.29, 1.82) is 0 Å². The second kappa shape index (κ2) is 9.43. The molecule has 2 N–H and O–H groups in total. The van der Waals surface area contributed by atoms with Crippen molar-refractivity contribution in [1.82, 2.24) is 20.4 Å². The third-order valence-corrected chi connectivity index (χ3v) is 4.91. The highest BCUT2D eigenvalue weighted by atomic mass is 16.5. The molecule has 1 amide bonds. The maximum absolute atomic E-state index is 12.5. The number of rotatable bonds is 7. The Morgan fingerprint density at radius 1 is 1.30 bits per heavy atom. The van der Waals surface area contributed by atoms with Crippen LogP contribution in [-0.4, -0.2) is 65.5 Å². The van der Waals surface area contributed by atoms with Crippen LogP contribution >= 0.6 is 0 Å². The Hall–Kier alpha value is -2.51. The molecule has 1 aliphatic rings. The predicted molar refractivity (Wildman–Crippen MR) is 103 cm³/mol. The molecule has 0 bridgehead atoms. The average Bonchev–Trinajstić information content (AvgIpc) is 2.74. The van der Waals surface area contributed by atoms with Crippen molar-refractivity contribution in [3.05, 3.63) is 42.0 Å². The normalized spacial score (nSPS) is 17.5. The second-order valence-corrected chi connectivity index (χ2v) is 6.67. The van der Waals surface area contributed by atoms with Crippen molar-refractivity contribution < 1.29 is 14.6 Å². The minimum Gasteiger partial charge on any atom is -0.480 e. The van der Waals surface area contributed by atoms with Crippen LogP contribution in [0.4, 0.5) is 0 Å². The Bertz CT molecular complexity index is 751. The maximum Gasteiger partial charge on any atom is 0.251 e. The van der Waals surface area contributed by atoms with Gasteiger partial charge in [0.1, 0.15) is 0 Å². The molecule has 7 heteroatoms. The lowest BCUT2D eigenvalue weighted by Crippen LogP contribution is -2.45. The number of methoxy groups -OCH3 is 1. The zero-order valence-electron chi connectivity index (χ0n) is 15.6. The molecule has 0 radical (unpaired) electrons. The van der Waals surface area contributed by atoms with E-state index in [-0.39, 0.29) is 18.6 Å². The van der Waals surface area contributed by atoms with Gasteiger partial charge < -0.3 is 15.2 Å². The minimum absolute atomic E-state index is 0.115. The number of carbonyl (C=O) groups is 1. The molecule has 1 aliphatic heterocycles. The number of likely N-dealkylation sites (tertiary alicyclic amines) is 1. The highest BCUT2D eigenvalue weighted by molar-refractivity contribution is 5.95. The van der Waals surface area contributed by atoms with Gasteiger partial charge in [-0.05, 0) is 37.6 Å². The fraction of sp³-hybridized carbons (Fsp3) is 0.450. The first-order valence-corrected chi connectivity index (χ1v) is 9.32. The monoisotopic (exact) mass is 370 g/mol. The zero-order valence-corrected chi connectivity index (χ0v) is 15.6. The Kier molecular flexibility index (Phi) is 6.73. The van der Waals surface area contributed by atoms with E-state index in [0.29, 0.717) is 23.7 Å². The van der Waals surface area contributed by atoms with Crippen LogP contribution in [0.5, 0.6) is 5.88 Å². The number of nitrogens with zero attached hydrogens (tertiary/aromatic N) is 3. The fourth-order valence-corrected chi connectivity index (χ4v) is 3.38. The molecule has 1 saturated heterocycles. The highest BCUT2D eigenvalue weighted by Gasteiger charge is 2.21. The van der Waals surface area contributed by atoms with Gasteiger partial charge in [-0.2, -0.15) is 0 Å². The van der Waals surface area contributed by atoms with Crippen LogP contribution in [0, 0.1) is 0 Å². The van der Waals surface area contributed by atoms with Crippen molar-refractivity contribution in [2.24, 2.45) is 0 Å². The average molecular weight is 370 g/mol. The standard InChI is InChI=1S/C20H26N4O3/c1-27-19-9-8-18(22-23-19)15-5-4-6-16(13-15)20(26)21-10-12-24-11-3-2-7-17(24)14-25/h4-6,8-9,13,17,25H,2-3,7,10-12,14H2,1H3,(H,21,26). The molecule has 27 heavy (non-hydrogen) atoms. The highest BCUT2D eigenvalue weighted by Crippen LogP contribution is 2.19. The quantitative estimate of drug-likeness (QED) is 0.772. The largest absolute Gasteiger partial charge is 0.480 e. The molecule has 1 atom stereocenters. The van der Waals surface area contributed by atoms with E-state index in [1.807, 2.05) is 24.3 Å². The number of aliphatic hydroxyl groups excluding tert-OH is 1. The number of aliphatic hydroxyl groups is 1. The zero-order chi connectivity index (χ0) is 19.1. The molecule has 1 aromatic heterocycles. The lowest BCUT2D eigenvalue weighted by Gasteiger charge is -2.34. The van der Waals surface area contributed by atoms with Gasteiger partial charge in [0, 0.05) is 36.3 Å². The van der Waals surface area contributed by atoms with Gasteiger partial charge in [-0.25, -0.2) is 0 Å². The number of amides is 1. The maximum atomic E-state index is 12.5. The number of hydrogen-bond donors (Lipinski definition) is 2. The lowest BCUT2D eigenvalue weighted by atomic mass is 10.0. The van der Waals surface area contributed by atoms with Crippen LogP contribution in [0.25, 0.3) is 11.3 Å². The second-order valence-electron chi connectivity index (χ2n) is 6.67. The first kappa shape index (κ1) is 19.3. The van der Waals surface area contributed by atoms with E-state index in [9.17, 15) is 9.90 Å². The Labute approximate surface area is 159 Å². The SMILES string of the molecule is COc1ccc(-c2cccc(C(=O)NCCN3CCCCC3CO)c2)nn1. The summed E-state index contributed by atoms with van der Waals surface area (Å²) in [6, 6.07) is 11.1. The molecule has 0 aliphatic carbocycles. The Morgan fingerprint density at radius 3 is 2.93 bits per heavy atom. The summed E-state index contributed by atoms with van der Waals surface area (Å²) in [5.74, 6) is 0.336. The third kappa shape index (κ3) is 5.02. The first-order valence-electron chi connectivity index (χ1n) is 9.32. The van der Waals surface area contributed by atoms with E-state index in [1.165, 1.54) is 0 Å². The van der Waals surface area contributed by atoms with Crippen molar-refractivity contribution >= 4 is 5.91 Å². The Morgan fingerprint density at radius 2 is 2.19 bits per heavy atom. The van der Waals surface area contributed by atoms with Crippen LogP contribution in [-0.2, 0) is 0 Å². The van der Waals surface area contributed by atoms with E-state index in [0.717, 1.165) is 37.9 Å². The summed E-state index contributed by atoms with van der Waals surface area (Å²) in [6.07, 6.45) is 3.33. The molecule has 2 aromatic rings. The molecule has 1 unspecified atom stereocenters.